The number of nitrogens with two attached hydrogens (primary N) is 1. The standard InChI is InChI=1S/C12H15ClN2O2S/c1-3-15-12(16)7(2)17-8-4-5-9(11(14)18)10(13)6-8/h4-7H,3H2,1-2H3,(H2,14,18)(H,15,16). The summed E-state index contributed by atoms with van der Waals surface area (Å²) in [5, 5.41) is 3.08. The number of carbonyl (C=O) groups excluding carboxylic acids is 1. The molecule has 1 aromatic rings. The molecule has 4 nitrogen and oxygen atoms in total. The van der Waals surface area contributed by atoms with Gasteiger partial charge in [-0.3, -0.25) is 4.79 Å². The van der Waals surface area contributed by atoms with Crippen LogP contribution < -0.4 is 15.8 Å². The topological polar surface area (TPSA) is 64.3 Å². The summed E-state index contributed by atoms with van der Waals surface area (Å²) in [4.78, 5) is 11.7. The highest BCUT2D eigenvalue weighted by Gasteiger charge is 2.14. The molecule has 0 radical (unpaired) electrons. The first kappa shape index (κ1) is 14.7. The molecule has 1 atom stereocenters. The maximum absolute atomic E-state index is 11.5. The second-order valence-corrected chi connectivity index (χ2v) is 4.51. The van der Waals surface area contributed by atoms with Gasteiger partial charge in [0.1, 0.15) is 10.7 Å². The van der Waals surface area contributed by atoms with Gasteiger partial charge in [-0.2, -0.15) is 0 Å². The quantitative estimate of drug-likeness (QED) is 0.811. The van der Waals surface area contributed by atoms with E-state index in [9.17, 15) is 4.79 Å². The van der Waals surface area contributed by atoms with Gasteiger partial charge in [0.2, 0.25) is 0 Å². The molecule has 0 fully saturated rings. The smallest absolute Gasteiger partial charge is 0.260 e. The van der Waals surface area contributed by atoms with Gasteiger partial charge in [0.25, 0.3) is 5.91 Å². The van der Waals surface area contributed by atoms with Crippen LogP contribution >= 0.6 is 23.8 Å². The van der Waals surface area contributed by atoms with Crippen molar-refractivity contribution in [2.75, 3.05) is 6.54 Å². The van der Waals surface area contributed by atoms with Crippen LogP contribution in [0.25, 0.3) is 0 Å². The van der Waals surface area contributed by atoms with Gasteiger partial charge in [0.05, 0.1) is 5.02 Å². The van der Waals surface area contributed by atoms with Crippen molar-refractivity contribution in [1.29, 1.82) is 0 Å². The van der Waals surface area contributed by atoms with Crippen molar-refractivity contribution < 1.29 is 9.53 Å². The van der Waals surface area contributed by atoms with Crippen molar-refractivity contribution in [2.45, 2.75) is 20.0 Å². The average Bonchev–Trinajstić information content (AvgIpc) is 2.28. The van der Waals surface area contributed by atoms with Crippen LogP contribution in [0.2, 0.25) is 5.02 Å². The fraction of sp³-hybridized carbons (Fsp3) is 0.333. The molecule has 0 heterocycles. The molecular formula is C12H15ClN2O2S. The normalized spacial score (nSPS) is 11.7. The Hall–Kier alpha value is -1.33. The van der Waals surface area contributed by atoms with Crippen LogP contribution in [-0.2, 0) is 4.79 Å². The Kier molecular flexibility index (Phi) is 5.37. The van der Waals surface area contributed by atoms with Gasteiger partial charge in [-0.25, -0.2) is 0 Å². The minimum Gasteiger partial charge on any atom is -0.481 e. The van der Waals surface area contributed by atoms with E-state index in [-0.39, 0.29) is 10.9 Å². The zero-order chi connectivity index (χ0) is 13.7. The van der Waals surface area contributed by atoms with Gasteiger partial charge >= 0.3 is 0 Å². The van der Waals surface area contributed by atoms with Gasteiger partial charge in [0, 0.05) is 12.1 Å². The number of halogens is 1. The first-order valence-corrected chi connectivity index (χ1v) is 6.28. The number of amides is 1. The van der Waals surface area contributed by atoms with Crippen LogP contribution in [0.4, 0.5) is 0 Å². The van der Waals surface area contributed by atoms with Crippen molar-refractivity contribution in [1.82, 2.24) is 5.32 Å². The van der Waals surface area contributed by atoms with Gasteiger partial charge in [-0.1, -0.05) is 23.8 Å². The van der Waals surface area contributed by atoms with Gasteiger partial charge in [-0.05, 0) is 32.0 Å². The minimum absolute atomic E-state index is 0.174. The number of thiocarbonyl (C=S) groups is 1. The van der Waals surface area contributed by atoms with E-state index in [1.807, 2.05) is 6.92 Å². The highest BCUT2D eigenvalue weighted by Crippen LogP contribution is 2.23. The molecule has 0 saturated carbocycles. The fourth-order valence-electron chi connectivity index (χ4n) is 1.34. The molecule has 1 aromatic carbocycles. The third-order valence-corrected chi connectivity index (χ3v) is 2.77. The van der Waals surface area contributed by atoms with Gasteiger partial charge < -0.3 is 15.8 Å². The highest BCUT2D eigenvalue weighted by atomic mass is 35.5. The highest BCUT2D eigenvalue weighted by molar-refractivity contribution is 7.80. The van der Waals surface area contributed by atoms with Crippen molar-refractivity contribution in [2.24, 2.45) is 5.73 Å². The molecule has 0 aliphatic rings. The van der Waals surface area contributed by atoms with E-state index >= 15 is 0 Å². The Balaban J connectivity index is 2.77. The lowest BCUT2D eigenvalue weighted by atomic mass is 10.2. The number of benzene rings is 1. The van der Waals surface area contributed by atoms with E-state index in [1.54, 1.807) is 25.1 Å². The van der Waals surface area contributed by atoms with Crippen LogP contribution in [0.3, 0.4) is 0 Å². The first-order valence-electron chi connectivity index (χ1n) is 5.49. The molecule has 98 valence electrons. The summed E-state index contributed by atoms with van der Waals surface area (Å²) in [5.41, 5.74) is 6.08. The summed E-state index contributed by atoms with van der Waals surface area (Å²) in [6.45, 7) is 4.08. The molecule has 1 unspecified atom stereocenters. The van der Waals surface area contributed by atoms with Gasteiger partial charge in [0.15, 0.2) is 6.10 Å². The van der Waals surface area contributed by atoms with E-state index < -0.39 is 6.10 Å². The predicted octanol–water partition coefficient (Wildman–Crippen LogP) is 1.88. The summed E-state index contributed by atoms with van der Waals surface area (Å²) >= 11 is 10.8. The summed E-state index contributed by atoms with van der Waals surface area (Å²) in [5.74, 6) is 0.325. The molecule has 18 heavy (non-hydrogen) atoms. The lowest BCUT2D eigenvalue weighted by molar-refractivity contribution is -0.127. The van der Waals surface area contributed by atoms with E-state index in [4.69, 9.17) is 34.3 Å². The maximum atomic E-state index is 11.5. The SMILES string of the molecule is CCNC(=O)C(C)Oc1ccc(C(N)=S)c(Cl)c1. The lowest BCUT2D eigenvalue weighted by Crippen LogP contribution is -2.36. The zero-order valence-corrected chi connectivity index (χ0v) is 11.8. The Morgan fingerprint density at radius 1 is 1.61 bits per heavy atom. The summed E-state index contributed by atoms with van der Waals surface area (Å²) in [7, 11) is 0. The first-order chi connectivity index (χ1) is 8.45. The van der Waals surface area contributed by atoms with Crippen molar-refractivity contribution in [3.63, 3.8) is 0 Å². The Bertz CT molecular complexity index is 465. The molecule has 1 rings (SSSR count). The van der Waals surface area contributed by atoms with Crippen LogP contribution in [0.1, 0.15) is 19.4 Å². The maximum Gasteiger partial charge on any atom is 0.260 e. The van der Waals surface area contributed by atoms with Crippen LogP contribution in [-0.4, -0.2) is 23.5 Å². The average molecular weight is 287 g/mol. The molecule has 0 aromatic heterocycles. The van der Waals surface area contributed by atoms with Crippen LogP contribution in [0.15, 0.2) is 18.2 Å². The zero-order valence-electron chi connectivity index (χ0n) is 10.2. The number of rotatable bonds is 5. The fourth-order valence-corrected chi connectivity index (χ4v) is 1.85. The summed E-state index contributed by atoms with van der Waals surface area (Å²) < 4.78 is 5.46. The van der Waals surface area contributed by atoms with E-state index in [1.165, 1.54) is 0 Å². The number of nitrogens with one attached hydrogen (secondary N) is 1. The lowest BCUT2D eigenvalue weighted by Gasteiger charge is -2.14. The Morgan fingerprint density at radius 3 is 2.78 bits per heavy atom. The van der Waals surface area contributed by atoms with Crippen molar-refractivity contribution >= 4 is 34.7 Å². The third kappa shape index (κ3) is 3.85. The molecule has 0 saturated heterocycles. The molecule has 0 bridgehead atoms. The third-order valence-electron chi connectivity index (χ3n) is 2.24. The largest absolute Gasteiger partial charge is 0.481 e. The van der Waals surface area contributed by atoms with Crippen molar-refractivity contribution in [3.05, 3.63) is 28.8 Å². The van der Waals surface area contributed by atoms with E-state index in [2.05, 4.69) is 5.32 Å². The molecular weight excluding hydrogens is 272 g/mol. The van der Waals surface area contributed by atoms with Gasteiger partial charge in [-0.15, -0.1) is 0 Å². The van der Waals surface area contributed by atoms with E-state index in [0.717, 1.165) is 0 Å². The Labute approximate surface area is 116 Å². The number of ether oxygens (including phenoxy) is 1. The van der Waals surface area contributed by atoms with Crippen LogP contribution in [0.5, 0.6) is 5.75 Å². The van der Waals surface area contributed by atoms with Crippen molar-refractivity contribution in [3.8, 4) is 5.75 Å². The molecule has 0 spiro atoms. The molecule has 0 aliphatic heterocycles. The Morgan fingerprint density at radius 2 is 2.28 bits per heavy atom. The molecule has 3 N–H and O–H groups in total. The molecule has 0 aliphatic carbocycles. The number of hydrogen-bond donors (Lipinski definition) is 2. The second-order valence-electron chi connectivity index (χ2n) is 3.66. The number of likely N-dealkylation sites (N-methyl/N-ethyl adjacent to an activating group) is 1. The number of hydrogen-bond acceptors (Lipinski definition) is 3. The van der Waals surface area contributed by atoms with E-state index in [0.29, 0.717) is 22.9 Å². The molecule has 6 heteroatoms. The van der Waals surface area contributed by atoms with Crippen LogP contribution in [0, 0.1) is 0 Å². The number of carbonyl (C=O) groups is 1. The second kappa shape index (κ2) is 6.56. The predicted molar refractivity (Wildman–Crippen MR) is 76.1 cm³/mol. The molecule has 1 amide bonds. The summed E-state index contributed by atoms with van der Waals surface area (Å²) in [6, 6.07) is 4.94. The minimum atomic E-state index is -0.586. The monoisotopic (exact) mass is 286 g/mol. The summed E-state index contributed by atoms with van der Waals surface area (Å²) in [6.07, 6.45) is -0.586.